The molecule has 1 unspecified atom stereocenters. The summed E-state index contributed by atoms with van der Waals surface area (Å²) in [4.78, 5) is 11.1. The van der Waals surface area contributed by atoms with Gasteiger partial charge in [-0.3, -0.25) is 4.79 Å². The quantitative estimate of drug-likeness (QED) is 0.818. The Labute approximate surface area is 100.0 Å². The number of halogens is 1. The van der Waals surface area contributed by atoms with Crippen molar-refractivity contribution in [1.29, 1.82) is 0 Å². The van der Waals surface area contributed by atoms with E-state index in [1.165, 1.54) is 13.0 Å². The number of hydrogen-bond donors (Lipinski definition) is 1. The van der Waals surface area contributed by atoms with E-state index in [2.05, 4.69) is 5.32 Å². The van der Waals surface area contributed by atoms with Crippen molar-refractivity contribution < 1.29 is 13.9 Å². The van der Waals surface area contributed by atoms with E-state index in [0.29, 0.717) is 17.8 Å². The average molecular weight is 237 g/mol. The Kier molecular flexibility index (Phi) is 3.74. The molecule has 1 aromatic carbocycles. The maximum atomic E-state index is 13.6. The van der Waals surface area contributed by atoms with Gasteiger partial charge < -0.3 is 10.1 Å². The minimum atomic E-state index is -0.393. The molecule has 92 valence electrons. The van der Waals surface area contributed by atoms with Crippen molar-refractivity contribution in [1.82, 2.24) is 0 Å². The van der Waals surface area contributed by atoms with Crippen LogP contribution in [0.15, 0.2) is 18.2 Å². The minimum Gasteiger partial charge on any atom is -0.380 e. The van der Waals surface area contributed by atoms with E-state index in [4.69, 9.17) is 4.74 Å². The fraction of sp³-hybridized carbons (Fsp3) is 0.462. The van der Waals surface area contributed by atoms with Gasteiger partial charge in [0.15, 0.2) is 5.78 Å². The maximum Gasteiger partial charge on any atom is 0.159 e. The number of hydrogen-bond acceptors (Lipinski definition) is 3. The van der Waals surface area contributed by atoms with E-state index < -0.39 is 5.82 Å². The third-order valence-corrected chi connectivity index (χ3v) is 2.92. The SMILES string of the molecule is CC(=O)c1ccc(NCC2CCCO2)c(F)c1. The van der Waals surface area contributed by atoms with Gasteiger partial charge in [-0.2, -0.15) is 0 Å². The smallest absolute Gasteiger partial charge is 0.159 e. The zero-order valence-corrected chi connectivity index (χ0v) is 9.83. The number of benzene rings is 1. The molecule has 1 saturated heterocycles. The van der Waals surface area contributed by atoms with E-state index >= 15 is 0 Å². The molecule has 3 nitrogen and oxygen atoms in total. The van der Waals surface area contributed by atoms with Crippen molar-refractivity contribution in [3.05, 3.63) is 29.6 Å². The summed E-state index contributed by atoms with van der Waals surface area (Å²) >= 11 is 0. The summed E-state index contributed by atoms with van der Waals surface area (Å²) in [5, 5.41) is 3.01. The first-order valence-corrected chi connectivity index (χ1v) is 5.83. The third kappa shape index (κ3) is 3.03. The summed E-state index contributed by atoms with van der Waals surface area (Å²) in [6.45, 7) is 2.82. The molecular formula is C13H16FNO2. The summed E-state index contributed by atoms with van der Waals surface area (Å²) in [6, 6.07) is 4.49. The molecule has 0 amide bonds. The first-order chi connectivity index (χ1) is 8.16. The molecule has 1 aromatic rings. The molecule has 1 N–H and O–H groups in total. The minimum absolute atomic E-state index is 0.130. The van der Waals surface area contributed by atoms with Gasteiger partial charge >= 0.3 is 0 Å². The van der Waals surface area contributed by atoms with Gasteiger partial charge in [0.05, 0.1) is 11.8 Å². The van der Waals surface area contributed by atoms with E-state index in [1.54, 1.807) is 12.1 Å². The molecule has 17 heavy (non-hydrogen) atoms. The summed E-state index contributed by atoms with van der Waals surface area (Å²) < 4.78 is 19.1. The van der Waals surface area contributed by atoms with Gasteiger partial charge in [-0.05, 0) is 38.0 Å². The van der Waals surface area contributed by atoms with E-state index in [-0.39, 0.29) is 11.9 Å². The van der Waals surface area contributed by atoms with Crippen LogP contribution >= 0.6 is 0 Å². The van der Waals surface area contributed by atoms with Gasteiger partial charge in [-0.15, -0.1) is 0 Å². The van der Waals surface area contributed by atoms with Gasteiger partial charge in [0, 0.05) is 18.7 Å². The van der Waals surface area contributed by atoms with Crippen molar-refractivity contribution in [3.8, 4) is 0 Å². The molecule has 4 heteroatoms. The van der Waals surface area contributed by atoms with Crippen LogP contribution in [0.5, 0.6) is 0 Å². The standard InChI is InChI=1S/C13H16FNO2/c1-9(16)10-4-5-13(12(14)7-10)15-8-11-3-2-6-17-11/h4-5,7,11,15H,2-3,6,8H2,1H3. The number of ketones is 1. The van der Waals surface area contributed by atoms with Crippen LogP contribution < -0.4 is 5.32 Å². The molecule has 0 aromatic heterocycles. The largest absolute Gasteiger partial charge is 0.380 e. The van der Waals surface area contributed by atoms with E-state index in [0.717, 1.165) is 19.4 Å². The Morgan fingerprint density at radius 1 is 1.59 bits per heavy atom. The van der Waals surface area contributed by atoms with Crippen LogP contribution in [0.25, 0.3) is 0 Å². The highest BCUT2D eigenvalue weighted by Gasteiger charge is 2.15. The van der Waals surface area contributed by atoms with Crippen LogP contribution in [-0.4, -0.2) is 25.0 Å². The number of rotatable bonds is 4. The Morgan fingerprint density at radius 3 is 3.00 bits per heavy atom. The molecule has 1 heterocycles. The van der Waals surface area contributed by atoms with Crippen LogP contribution in [0, 0.1) is 5.82 Å². The summed E-state index contributed by atoms with van der Waals surface area (Å²) in [5.74, 6) is -0.523. The molecule has 0 radical (unpaired) electrons. The number of carbonyl (C=O) groups excluding carboxylic acids is 1. The summed E-state index contributed by atoms with van der Waals surface area (Å²) in [5.41, 5.74) is 0.815. The molecule has 2 rings (SSSR count). The number of ether oxygens (including phenoxy) is 1. The lowest BCUT2D eigenvalue weighted by molar-refractivity contribution is 0.101. The lowest BCUT2D eigenvalue weighted by Gasteiger charge is -2.12. The fourth-order valence-corrected chi connectivity index (χ4v) is 1.91. The second kappa shape index (κ2) is 5.27. The predicted octanol–water partition coefficient (Wildman–Crippen LogP) is 2.62. The number of anilines is 1. The predicted molar refractivity (Wildman–Crippen MR) is 63.9 cm³/mol. The topological polar surface area (TPSA) is 38.3 Å². The van der Waals surface area contributed by atoms with Crippen molar-refractivity contribution in [2.45, 2.75) is 25.9 Å². The second-order valence-corrected chi connectivity index (χ2v) is 4.27. The lowest BCUT2D eigenvalue weighted by Crippen LogP contribution is -2.19. The molecule has 1 fully saturated rings. The van der Waals surface area contributed by atoms with E-state index in [1.807, 2.05) is 0 Å². The highest BCUT2D eigenvalue weighted by atomic mass is 19.1. The van der Waals surface area contributed by atoms with Crippen LogP contribution in [0.4, 0.5) is 10.1 Å². The number of nitrogens with one attached hydrogen (secondary N) is 1. The molecule has 1 aliphatic heterocycles. The van der Waals surface area contributed by atoms with Gasteiger partial charge in [0.25, 0.3) is 0 Å². The zero-order chi connectivity index (χ0) is 12.3. The molecule has 1 atom stereocenters. The zero-order valence-electron chi connectivity index (χ0n) is 9.83. The van der Waals surface area contributed by atoms with Crippen LogP contribution in [0.1, 0.15) is 30.1 Å². The van der Waals surface area contributed by atoms with Gasteiger partial charge in [0.1, 0.15) is 5.82 Å². The molecule has 0 aliphatic carbocycles. The molecule has 0 bridgehead atoms. The van der Waals surface area contributed by atoms with Crippen LogP contribution in [-0.2, 0) is 4.74 Å². The number of carbonyl (C=O) groups is 1. The average Bonchev–Trinajstić information content (AvgIpc) is 2.80. The Morgan fingerprint density at radius 2 is 2.41 bits per heavy atom. The van der Waals surface area contributed by atoms with Crippen LogP contribution in [0.2, 0.25) is 0 Å². The fourth-order valence-electron chi connectivity index (χ4n) is 1.91. The third-order valence-electron chi connectivity index (χ3n) is 2.92. The first kappa shape index (κ1) is 12.0. The van der Waals surface area contributed by atoms with Crippen molar-refractivity contribution in [2.75, 3.05) is 18.5 Å². The Balaban J connectivity index is 1.98. The van der Waals surface area contributed by atoms with Crippen molar-refractivity contribution in [2.24, 2.45) is 0 Å². The summed E-state index contributed by atoms with van der Waals surface area (Å²) in [6.07, 6.45) is 2.25. The normalized spacial score (nSPS) is 19.3. The highest BCUT2D eigenvalue weighted by molar-refractivity contribution is 5.94. The molecule has 1 aliphatic rings. The summed E-state index contributed by atoms with van der Waals surface area (Å²) in [7, 11) is 0. The van der Waals surface area contributed by atoms with Gasteiger partial charge in [-0.25, -0.2) is 4.39 Å². The van der Waals surface area contributed by atoms with Gasteiger partial charge in [-0.1, -0.05) is 0 Å². The molecule has 0 spiro atoms. The van der Waals surface area contributed by atoms with Crippen molar-refractivity contribution in [3.63, 3.8) is 0 Å². The molecule has 0 saturated carbocycles. The first-order valence-electron chi connectivity index (χ1n) is 5.83. The maximum absolute atomic E-state index is 13.6. The van der Waals surface area contributed by atoms with Crippen molar-refractivity contribution >= 4 is 11.5 Å². The Hall–Kier alpha value is -1.42. The Bertz CT molecular complexity index is 414. The van der Waals surface area contributed by atoms with E-state index in [9.17, 15) is 9.18 Å². The lowest BCUT2D eigenvalue weighted by atomic mass is 10.1. The highest BCUT2D eigenvalue weighted by Crippen LogP contribution is 2.18. The second-order valence-electron chi connectivity index (χ2n) is 4.27. The number of Topliss-reactive ketones (excluding diaryl/α,β-unsaturated/α-hetero) is 1. The molecular weight excluding hydrogens is 221 g/mol. The van der Waals surface area contributed by atoms with Gasteiger partial charge in [0.2, 0.25) is 0 Å². The van der Waals surface area contributed by atoms with Crippen LogP contribution in [0.3, 0.4) is 0 Å². The monoisotopic (exact) mass is 237 g/mol.